The summed E-state index contributed by atoms with van der Waals surface area (Å²) in [4.78, 5) is 4.39. The summed E-state index contributed by atoms with van der Waals surface area (Å²) in [5.41, 5.74) is 8.55. The van der Waals surface area contributed by atoms with Gasteiger partial charge in [0, 0.05) is 29.3 Å². The lowest BCUT2D eigenvalue weighted by atomic mass is 10.0. The third-order valence-electron chi connectivity index (χ3n) is 3.34. The van der Waals surface area contributed by atoms with Crippen LogP contribution in [0.2, 0.25) is 0 Å². The first-order valence-electron chi connectivity index (χ1n) is 6.72. The molecule has 2 aromatic rings. The van der Waals surface area contributed by atoms with E-state index < -0.39 is 0 Å². The molecular formula is C15H20BrN3. The largest absolute Gasteiger partial charge is 0.327 e. The molecule has 0 amide bonds. The average Bonchev–Trinajstić information content (AvgIpc) is 2.87. The minimum Gasteiger partial charge on any atom is -0.327 e. The van der Waals surface area contributed by atoms with Crippen molar-refractivity contribution < 1.29 is 0 Å². The zero-order valence-electron chi connectivity index (χ0n) is 11.4. The molecule has 2 N–H and O–H groups in total. The molecule has 1 aromatic carbocycles. The first kappa shape index (κ1) is 14.3. The number of hydrogen-bond donors (Lipinski definition) is 1. The van der Waals surface area contributed by atoms with Crippen LogP contribution >= 0.6 is 15.9 Å². The van der Waals surface area contributed by atoms with Crippen molar-refractivity contribution >= 4 is 15.9 Å². The Morgan fingerprint density at radius 2 is 2.16 bits per heavy atom. The summed E-state index contributed by atoms with van der Waals surface area (Å²) in [7, 11) is 0. The van der Waals surface area contributed by atoms with Gasteiger partial charge in [0.15, 0.2) is 0 Å². The highest BCUT2D eigenvalue weighted by Crippen LogP contribution is 2.23. The first-order chi connectivity index (χ1) is 9.15. The van der Waals surface area contributed by atoms with Gasteiger partial charge in [-0.15, -0.1) is 0 Å². The highest BCUT2D eigenvalue weighted by Gasteiger charge is 2.11. The lowest BCUT2D eigenvalue weighted by Gasteiger charge is -2.16. The number of nitrogens with two attached hydrogens (primary N) is 1. The van der Waals surface area contributed by atoms with Gasteiger partial charge >= 0.3 is 0 Å². The van der Waals surface area contributed by atoms with Crippen LogP contribution in [0, 0.1) is 0 Å². The van der Waals surface area contributed by atoms with Crippen LogP contribution < -0.4 is 5.73 Å². The van der Waals surface area contributed by atoms with E-state index in [1.54, 1.807) is 0 Å². The number of nitrogens with zero attached hydrogens (tertiary/aromatic N) is 2. The molecule has 0 aliphatic rings. The van der Waals surface area contributed by atoms with Gasteiger partial charge < -0.3 is 10.3 Å². The summed E-state index contributed by atoms with van der Waals surface area (Å²) < 4.78 is 3.25. The molecule has 4 heteroatoms. The zero-order valence-corrected chi connectivity index (χ0v) is 13.0. The van der Waals surface area contributed by atoms with Crippen LogP contribution in [0.3, 0.4) is 0 Å². The molecule has 102 valence electrons. The van der Waals surface area contributed by atoms with E-state index >= 15 is 0 Å². The van der Waals surface area contributed by atoms with Crippen LogP contribution in [0.1, 0.15) is 31.7 Å². The van der Waals surface area contributed by atoms with E-state index in [0.29, 0.717) is 0 Å². The van der Waals surface area contributed by atoms with Crippen molar-refractivity contribution in [2.75, 3.05) is 0 Å². The van der Waals surface area contributed by atoms with Crippen LogP contribution in [0.15, 0.2) is 35.1 Å². The molecule has 2 rings (SSSR count). The van der Waals surface area contributed by atoms with Crippen molar-refractivity contribution in [1.82, 2.24) is 9.55 Å². The number of hydrogen-bond acceptors (Lipinski definition) is 2. The molecule has 1 unspecified atom stereocenters. The Balaban J connectivity index is 2.44. The van der Waals surface area contributed by atoms with Gasteiger partial charge in [-0.3, -0.25) is 0 Å². The molecule has 1 heterocycles. The summed E-state index contributed by atoms with van der Waals surface area (Å²) in [5.74, 6) is 1.08. The Morgan fingerprint density at radius 3 is 2.84 bits per heavy atom. The zero-order chi connectivity index (χ0) is 13.8. The summed E-state index contributed by atoms with van der Waals surface area (Å²) >= 11 is 3.54. The molecule has 0 bridgehead atoms. The maximum atomic E-state index is 6.11. The summed E-state index contributed by atoms with van der Waals surface area (Å²) in [6.45, 7) is 4.24. The van der Waals surface area contributed by atoms with Gasteiger partial charge in [-0.1, -0.05) is 29.8 Å². The van der Waals surface area contributed by atoms with Gasteiger partial charge in [0.1, 0.15) is 5.82 Å². The van der Waals surface area contributed by atoms with E-state index in [4.69, 9.17) is 5.73 Å². The standard InChI is InChI=1S/C15H20BrN3/c1-3-13(17)10-11-9-12(16)5-6-14(11)19-8-7-18-15(19)4-2/h5-9,13H,3-4,10,17H2,1-2H3. The molecular weight excluding hydrogens is 302 g/mol. The summed E-state index contributed by atoms with van der Waals surface area (Å²) in [5, 5.41) is 0. The maximum Gasteiger partial charge on any atom is 0.112 e. The van der Waals surface area contributed by atoms with E-state index in [-0.39, 0.29) is 6.04 Å². The minimum absolute atomic E-state index is 0.196. The van der Waals surface area contributed by atoms with Crippen LogP contribution in [-0.4, -0.2) is 15.6 Å². The molecule has 3 nitrogen and oxygen atoms in total. The van der Waals surface area contributed by atoms with Gasteiger partial charge in [-0.05, 0) is 36.6 Å². The Hall–Kier alpha value is -1.13. The molecule has 0 saturated heterocycles. The molecule has 1 atom stereocenters. The molecule has 19 heavy (non-hydrogen) atoms. The SMILES string of the molecule is CCc1nccn1-c1ccc(Br)cc1CC(N)CC. The second-order valence-electron chi connectivity index (χ2n) is 4.71. The average molecular weight is 322 g/mol. The quantitative estimate of drug-likeness (QED) is 0.916. The van der Waals surface area contributed by atoms with Crippen molar-refractivity contribution in [3.05, 3.63) is 46.5 Å². The van der Waals surface area contributed by atoms with E-state index in [9.17, 15) is 0 Å². The van der Waals surface area contributed by atoms with Crippen LogP contribution in [0.4, 0.5) is 0 Å². The lowest BCUT2D eigenvalue weighted by Crippen LogP contribution is -2.22. The number of aryl methyl sites for hydroxylation is 1. The van der Waals surface area contributed by atoms with Crippen molar-refractivity contribution in [2.24, 2.45) is 5.73 Å². The Kier molecular flexibility index (Phi) is 4.77. The third kappa shape index (κ3) is 3.25. The molecule has 0 radical (unpaired) electrons. The number of imidazole rings is 1. The number of halogens is 1. The number of aromatic nitrogens is 2. The van der Waals surface area contributed by atoms with Gasteiger partial charge in [-0.2, -0.15) is 0 Å². The van der Waals surface area contributed by atoms with E-state index in [0.717, 1.165) is 29.6 Å². The first-order valence-corrected chi connectivity index (χ1v) is 7.51. The van der Waals surface area contributed by atoms with Gasteiger partial charge in [0.25, 0.3) is 0 Å². The molecule has 0 saturated carbocycles. The topological polar surface area (TPSA) is 43.8 Å². The van der Waals surface area contributed by atoms with Crippen molar-refractivity contribution in [2.45, 2.75) is 39.2 Å². The highest BCUT2D eigenvalue weighted by molar-refractivity contribution is 9.10. The lowest BCUT2D eigenvalue weighted by molar-refractivity contribution is 0.643. The molecule has 0 spiro atoms. The second kappa shape index (κ2) is 6.35. The summed E-state index contributed by atoms with van der Waals surface area (Å²) in [6.07, 6.45) is 6.65. The predicted molar refractivity (Wildman–Crippen MR) is 82.6 cm³/mol. The normalized spacial score (nSPS) is 12.6. The number of benzene rings is 1. The summed E-state index contributed by atoms with van der Waals surface area (Å²) in [6, 6.07) is 6.55. The third-order valence-corrected chi connectivity index (χ3v) is 3.83. The van der Waals surface area contributed by atoms with Crippen LogP contribution in [0.25, 0.3) is 5.69 Å². The Labute approximate surface area is 123 Å². The molecule has 0 aliphatic carbocycles. The van der Waals surface area contributed by atoms with Crippen LogP contribution in [0.5, 0.6) is 0 Å². The monoisotopic (exact) mass is 321 g/mol. The Bertz CT molecular complexity index is 548. The molecule has 0 aliphatic heterocycles. The van der Waals surface area contributed by atoms with Gasteiger partial charge in [0.05, 0.1) is 5.69 Å². The minimum atomic E-state index is 0.196. The fourth-order valence-corrected chi connectivity index (χ4v) is 2.60. The smallest absolute Gasteiger partial charge is 0.112 e. The van der Waals surface area contributed by atoms with Crippen molar-refractivity contribution in [1.29, 1.82) is 0 Å². The fourth-order valence-electron chi connectivity index (χ4n) is 2.19. The fraction of sp³-hybridized carbons (Fsp3) is 0.400. The van der Waals surface area contributed by atoms with Crippen molar-refractivity contribution in [3.63, 3.8) is 0 Å². The van der Waals surface area contributed by atoms with Crippen LogP contribution in [-0.2, 0) is 12.8 Å². The Morgan fingerprint density at radius 1 is 1.37 bits per heavy atom. The molecule has 1 aromatic heterocycles. The highest BCUT2D eigenvalue weighted by atomic mass is 79.9. The molecule has 0 fully saturated rings. The van der Waals surface area contributed by atoms with Crippen molar-refractivity contribution in [3.8, 4) is 5.69 Å². The van der Waals surface area contributed by atoms with E-state index in [2.05, 4.69) is 57.5 Å². The van der Waals surface area contributed by atoms with Gasteiger partial charge in [0.2, 0.25) is 0 Å². The number of rotatable bonds is 5. The maximum absolute atomic E-state index is 6.11. The predicted octanol–water partition coefficient (Wildman–Crippen LogP) is 3.48. The van der Waals surface area contributed by atoms with E-state index in [1.807, 2.05) is 12.4 Å². The van der Waals surface area contributed by atoms with E-state index in [1.165, 1.54) is 11.3 Å². The van der Waals surface area contributed by atoms with Gasteiger partial charge in [-0.25, -0.2) is 4.98 Å². The second-order valence-corrected chi connectivity index (χ2v) is 5.63.